The third-order valence-corrected chi connectivity index (χ3v) is 17.6. The average Bonchev–Trinajstić information content (AvgIpc) is 3.50. The second kappa shape index (κ2) is 6.44. The van der Waals surface area contributed by atoms with Crippen molar-refractivity contribution >= 4 is 139 Å². The molecule has 0 aromatic rings. The van der Waals surface area contributed by atoms with Crippen LogP contribution < -0.4 is 0 Å². The Morgan fingerprint density at radius 3 is 1.43 bits per heavy atom. The first-order valence-electron chi connectivity index (χ1n) is 8.95. The Morgan fingerprint density at radius 2 is 0.900 bits per heavy atom. The monoisotopic (exact) mass is 648 g/mol. The Bertz CT molecular complexity index is 910. The molecular formula is C18H12Cl12. The van der Waals surface area contributed by atoms with E-state index in [1.165, 1.54) is 0 Å². The van der Waals surface area contributed by atoms with Crippen molar-refractivity contribution in [2.24, 2.45) is 0 Å². The normalized spacial score (nSPS) is 70.5. The van der Waals surface area contributed by atoms with E-state index in [4.69, 9.17) is 139 Å². The smallest absolute Gasteiger partial charge is 0.110 e. The van der Waals surface area contributed by atoms with Gasteiger partial charge in [-0.15, -0.1) is 139 Å². The highest BCUT2D eigenvalue weighted by Crippen LogP contribution is 2.89. The summed E-state index contributed by atoms with van der Waals surface area (Å²) >= 11 is 84.8. The van der Waals surface area contributed by atoms with Crippen molar-refractivity contribution in [1.29, 1.82) is 0 Å². The number of hydrogen-bond acceptors (Lipinski definition) is 0. The van der Waals surface area contributed by atoms with Gasteiger partial charge in [-0.05, 0) is 12.8 Å². The van der Waals surface area contributed by atoms with E-state index in [1.807, 2.05) is 0 Å². The van der Waals surface area contributed by atoms with Crippen LogP contribution in [0.4, 0.5) is 0 Å². The Kier molecular flexibility index (Phi) is 5.29. The molecule has 0 spiro atoms. The van der Waals surface area contributed by atoms with E-state index in [0.717, 1.165) is 0 Å². The Labute approximate surface area is 234 Å². The van der Waals surface area contributed by atoms with E-state index >= 15 is 0 Å². The summed E-state index contributed by atoms with van der Waals surface area (Å²) in [6.45, 7) is 0. The van der Waals surface area contributed by atoms with Crippen LogP contribution in [0, 0.1) is 0 Å². The van der Waals surface area contributed by atoms with Crippen molar-refractivity contribution in [3.8, 4) is 0 Å². The molecule has 12 heteroatoms. The molecule has 0 heterocycles. The fourth-order valence-corrected chi connectivity index (χ4v) is 13.3. The van der Waals surface area contributed by atoms with E-state index in [-0.39, 0.29) is 12.8 Å². The van der Waals surface area contributed by atoms with E-state index in [2.05, 4.69) is 0 Å². The lowest BCUT2D eigenvalue weighted by atomic mass is 9.60. The van der Waals surface area contributed by atoms with Gasteiger partial charge in [0.15, 0.2) is 0 Å². The molecule has 0 aromatic carbocycles. The molecule has 0 aliphatic heterocycles. The van der Waals surface area contributed by atoms with Crippen molar-refractivity contribution in [3.05, 3.63) is 24.3 Å². The summed E-state index contributed by atoms with van der Waals surface area (Å²) in [6, 6.07) is 0. The number of rotatable bonds is 0. The zero-order valence-corrected chi connectivity index (χ0v) is 23.6. The highest BCUT2D eigenvalue weighted by molar-refractivity contribution is 6.60. The molecule has 0 radical (unpaired) electrons. The van der Waals surface area contributed by atoms with Crippen LogP contribution in [-0.2, 0) is 0 Å². The maximum Gasteiger partial charge on any atom is 0.110 e. The van der Waals surface area contributed by atoms with Gasteiger partial charge in [-0.25, -0.2) is 0 Å². The zero-order chi connectivity index (χ0) is 22.6. The van der Waals surface area contributed by atoms with Crippen molar-refractivity contribution in [2.75, 3.05) is 0 Å². The Balaban J connectivity index is 1.91. The molecule has 0 nitrogen and oxygen atoms in total. The molecule has 0 N–H and O–H groups in total. The molecule has 0 amide bonds. The maximum absolute atomic E-state index is 7.43. The summed E-state index contributed by atoms with van der Waals surface area (Å²) in [7, 11) is 0. The molecule has 4 fully saturated rings. The van der Waals surface area contributed by atoms with Gasteiger partial charge in [0, 0.05) is 0 Å². The molecular weight excluding hydrogens is 642 g/mol. The molecule has 4 saturated carbocycles. The number of hydrogen-bond donors (Lipinski definition) is 0. The van der Waals surface area contributed by atoms with Crippen molar-refractivity contribution < 1.29 is 0 Å². The highest BCUT2D eigenvalue weighted by atomic mass is 35.5. The molecule has 30 heavy (non-hydrogen) atoms. The van der Waals surface area contributed by atoms with Crippen molar-refractivity contribution in [3.63, 3.8) is 0 Å². The predicted molar refractivity (Wildman–Crippen MR) is 135 cm³/mol. The van der Waals surface area contributed by atoms with Gasteiger partial charge in [0.2, 0.25) is 0 Å². The second-order valence-corrected chi connectivity index (χ2v) is 15.7. The SMILES string of the molecule is ClC1C(Cl)C(Cl)C2(Cl)C3(Cl)CC3(Cl)C3(Cl)CC3(Cl)C3(Cl)C=CC=CC3(Cl)C2(Cl)C1Cl. The number of fused-ring (bicyclic) bond motifs is 8. The quantitative estimate of drug-likeness (QED) is 0.183. The molecule has 5 rings (SSSR count). The van der Waals surface area contributed by atoms with Gasteiger partial charge in [-0.1, -0.05) is 24.3 Å². The minimum absolute atomic E-state index is 0.149. The van der Waals surface area contributed by atoms with Gasteiger partial charge in [-0.2, -0.15) is 0 Å². The lowest BCUT2D eigenvalue weighted by Gasteiger charge is -2.66. The van der Waals surface area contributed by atoms with Gasteiger partial charge in [0.25, 0.3) is 0 Å². The summed E-state index contributed by atoms with van der Waals surface area (Å²) < 4.78 is 0. The van der Waals surface area contributed by atoms with Crippen LogP contribution in [0.2, 0.25) is 0 Å². The molecule has 0 aromatic heterocycles. The van der Waals surface area contributed by atoms with Gasteiger partial charge >= 0.3 is 0 Å². The van der Waals surface area contributed by atoms with Crippen LogP contribution in [0.25, 0.3) is 0 Å². The van der Waals surface area contributed by atoms with Crippen LogP contribution in [-0.4, -0.2) is 60.5 Å². The predicted octanol–water partition coefficient (Wildman–Crippen LogP) is 8.20. The van der Waals surface area contributed by atoms with Crippen molar-refractivity contribution in [1.82, 2.24) is 0 Å². The first-order chi connectivity index (χ1) is 13.5. The third-order valence-electron chi connectivity index (χ3n) is 7.74. The number of alkyl halides is 12. The van der Waals surface area contributed by atoms with Gasteiger partial charge in [0.05, 0.1) is 41.0 Å². The fraction of sp³-hybridized carbons (Fsp3) is 0.778. The summed E-state index contributed by atoms with van der Waals surface area (Å²) in [5, 5.41) is -3.99. The van der Waals surface area contributed by atoms with Crippen LogP contribution in [0.1, 0.15) is 12.8 Å². The summed E-state index contributed by atoms with van der Waals surface area (Å²) in [6.07, 6.45) is 7.00. The van der Waals surface area contributed by atoms with Crippen LogP contribution >= 0.6 is 139 Å². The number of halogens is 12. The van der Waals surface area contributed by atoms with Crippen molar-refractivity contribution in [2.45, 2.75) is 73.3 Å². The Morgan fingerprint density at radius 1 is 0.500 bits per heavy atom. The molecule has 5 aliphatic rings. The van der Waals surface area contributed by atoms with E-state index in [9.17, 15) is 0 Å². The fourth-order valence-electron chi connectivity index (χ4n) is 5.89. The highest BCUT2D eigenvalue weighted by Gasteiger charge is 3.01. The van der Waals surface area contributed by atoms with Crippen LogP contribution in [0.15, 0.2) is 24.3 Å². The molecule has 0 bridgehead atoms. The first-order valence-corrected chi connectivity index (χ1v) is 13.7. The van der Waals surface area contributed by atoms with Gasteiger partial charge in [-0.3, -0.25) is 0 Å². The van der Waals surface area contributed by atoms with E-state index in [1.54, 1.807) is 24.3 Å². The van der Waals surface area contributed by atoms with Gasteiger partial charge in [0.1, 0.15) is 19.5 Å². The molecule has 12 atom stereocenters. The first kappa shape index (κ1) is 24.6. The third kappa shape index (κ3) is 2.07. The molecule has 0 saturated heterocycles. The molecule has 5 aliphatic carbocycles. The van der Waals surface area contributed by atoms with Gasteiger partial charge < -0.3 is 0 Å². The average molecular weight is 654 g/mol. The Hall–Kier alpha value is 2.96. The van der Waals surface area contributed by atoms with Crippen LogP contribution in [0.3, 0.4) is 0 Å². The number of allylic oxidation sites excluding steroid dienone is 4. The maximum atomic E-state index is 7.43. The van der Waals surface area contributed by atoms with Crippen LogP contribution in [0.5, 0.6) is 0 Å². The second-order valence-electron chi connectivity index (χ2n) is 8.82. The summed E-state index contributed by atoms with van der Waals surface area (Å²) in [5.41, 5.74) is 0. The lowest BCUT2D eigenvalue weighted by molar-refractivity contribution is 0.216. The largest absolute Gasteiger partial charge is 0.120 e. The standard InChI is InChI=1S/C18H12Cl12/c19-7-8(20)10(22)18(30)16(28)6-15(16,27)14(26)5-13(14,25)11(23)3-1-2-4-12(11,24)17(18,29)9(7)21/h1-4,7-10H,5-6H2. The summed E-state index contributed by atoms with van der Waals surface area (Å²) in [5.74, 6) is 0. The molecule has 12 unspecified atom stereocenters. The summed E-state index contributed by atoms with van der Waals surface area (Å²) in [4.78, 5) is -12.1. The minimum atomic E-state index is -1.83. The van der Waals surface area contributed by atoms with E-state index < -0.39 is 60.5 Å². The minimum Gasteiger partial charge on any atom is -0.120 e. The zero-order valence-electron chi connectivity index (χ0n) is 14.6. The molecule has 168 valence electrons. The topological polar surface area (TPSA) is 0 Å². The lowest BCUT2D eigenvalue weighted by Crippen LogP contribution is -2.83. The van der Waals surface area contributed by atoms with E-state index in [0.29, 0.717) is 0 Å².